The Labute approximate surface area is 183 Å². The van der Waals surface area contributed by atoms with Crippen LogP contribution in [0.15, 0.2) is 69.1 Å². The second kappa shape index (κ2) is 8.95. The van der Waals surface area contributed by atoms with Crippen LogP contribution in [0.5, 0.6) is 0 Å². The molecule has 0 fully saturated rings. The molecule has 0 aliphatic rings. The molecule has 0 aliphatic heterocycles. The van der Waals surface area contributed by atoms with Gasteiger partial charge in [0.2, 0.25) is 0 Å². The number of rotatable bonds is 9. The third-order valence-electron chi connectivity index (χ3n) is 5.52. The van der Waals surface area contributed by atoms with Crippen LogP contribution in [0.25, 0.3) is 11.1 Å². The molecule has 0 saturated heterocycles. The molecule has 162 valence electrons. The molecular weight excluding hydrogens is 412 g/mol. The zero-order valence-electron chi connectivity index (χ0n) is 17.4. The Balaban J connectivity index is 1.38. The van der Waals surface area contributed by atoms with E-state index in [1.54, 1.807) is 11.3 Å². The fourth-order valence-corrected chi connectivity index (χ4v) is 4.48. The fourth-order valence-electron chi connectivity index (χ4n) is 3.83. The Kier molecular flexibility index (Phi) is 6.11. The number of aromatic amines is 2. The molecular formula is C23H26N4O3S. The molecule has 0 saturated carbocycles. The highest BCUT2D eigenvalue weighted by Crippen LogP contribution is 2.34. The van der Waals surface area contributed by atoms with Crippen LogP contribution in [0.2, 0.25) is 0 Å². The van der Waals surface area contributed by atoms with Gasteiger partial charge in [-0.25, -0.2) is 4.79 Å². The van der Waals surface area contributed by atoms with Crippen molar-refractivity contribution in [3.05, 3.63) is 91.6 Å². The lowest BCUT2D eigenvalue weighted by Crippen LogP contribution is -2.32. The van der Waals surface area contributed by atoms with Crippen LogP contribution < -0.4 is 11.2 Å². The smallest absolute Gasteiger partial charge is 0.328 e. The summed E-state index contributed by atoms with van der Waals surface area (Å²) in [5, 5.41) is 18.6. The van der Waals surface area contributed by atoms with E-state index in [0.29, 0.717) is 13.1 Å². The summed E-state index contributed by atoms with van der Waals surface area (Å²) in [5.41, 5.74) is 2.40. The zero-order valence-corrected chi connectivity index (χ0v) is 18.2. The Morgan fingerprint density at radius 2 is 1.97 bits per heavy atom. The number of hydrogen-bond donors (Lipinski definition) is 3. The van der Waals surface area contributed by atoms with Crippen LogP contribution in [-0.4, -0.2) is 24.4 Å². The number of hydrogen-bond acceptors (Lipinski definition) is 4. The van der Waals surface area contributed by atoms with E-state index >= 15 is 0 Å². The molecule has 7 nitrogen and oxygen atoms in total. The van der Waals surface area contributed by atoms with Gasteiger partial charge < -0.3 is 14.8 Å². The van der Waals surface area contributed by atoms with E-state index in [2.05, 4.69) is 21.5 Å². The largest absolute Gasteiger partial charge is 0.383 e. The summed E-state index contributed by atoms with van der Waals surface area (Å²) in [4.78, 5) is 25.2. The highest BCUT2D eigenvalue weighted by molar-refractivity contribution is 7.08. The number of benzene rings is 1. The van der Waals surface area contributed by atoms with Crippen LogP contribution >= 0.6 is 11.3 Å². The van der Waals surface area contributed by atoms with Crippen LogP contribution in [0.4, 0.5) is 0 Å². The van der Waals surface area contributed by atoms with Gasteiger partial charge in [0.15, 0.2) is 0 Å². The van der Waals surface area contributed by atoms with Gasteiger partial charge in [-0.1, -0.05) is 24.3 Å². The molecule has 3 N–H and O–H groups in total. The average molecular weight is 439 g/mol. The molecule has 0 unspecified atom stereocenters. The predicted molar refractivity (Wildman–Crippen MR) is 122 cm³/mol. The second-order valence-corrected chi connectivity index (χ2v) is 8.72. The van der Waals surface area contributed by atoms with Gasteiger partial charge in [0.05, 0.1) is 12.2 Å². The van der Waals surface area contributed by atoms with Crippen molar-refractivity contribution in [2.75, 3.05) is 0 Å². The van der Waals surface area contributed by atoms with Gasteiger partial charge in [-0.3, -0.25) is 14.5 Å². The number of aliphatic hydroxyl groups is 1. The van der Waals surface area contributed by atoms with E-state index in [1.165, 1.54) is 16.8 Å². The summed E-state index contributed by atoms with van der Waals surface area (Å²) >= 11 is 1.64. The Morgan fingerprint density at radius 1 is 1.13 bits per heavy atom. The van der Waals surface area contributed by atoms with Crippen molar-refractivity contribution in [2.45, 2.75) is 44.9 Å². The first-order chi connectivity index (χ1) is 14.9. The predicted octanol–water partition coefficient (Wildman–Crippen LogP) is 3.33. The third-order valence-corrected chi connectivity index (χ3v) is 6.20. The number of nitrogens with one attached hydrogen (secondary N) is 2. The number of aromatic nitrogens is 4. The van der Waals surface area contributed by atoms with Gasteiger partial charge in [-0.2, -0.15) is 11.3 Å². The van der Waals surface area contributed by atoms with Gasteiger partial charge in [0, 0.05) is 25.0 Å². The minimum atomic E-state index is -1.03. The second-order valence-electron chi connectivity index (χ2n) is 7.94. The van der Waals surface area contributed by atoms with Crippen molar-refractivity contribution in [1.29, 1.82) is 0 Å². The summed E-state index contributed by atoms with van der Waals surface area (Å²) in [7, 11) is 0. The Bertz CT molecular complexity index is 1240. The molecule has 0 radical (unpaired) electrons. The van der Waals surface area contributed by atoms with Crippen molar-refractivity contribution >= 4 is 11.3 Å². The number of nitrogens with zero attached hydrogens (tertiary/aromatic N) is 2. The third kappa shape index (κ3) is 4.81. The molecule has 4 rings (SSSR count). The molecule has 0 amide bonds. The normalized spacial score (nSPS) is 13.4. The number of thiophene rings is 1. The molecule has 0 bridgehead atoms. The van der Waals surface area contributed by atoms with Crippen LogP contribution in [0.3, 0.4) is 0 Å². The zero-order chi connectivity index (χ0) is 21.8. The van der Waals surface area contributed by atoms with E-state index in [9.17, 15) is 14.7 Å². The summed E-state index contributed by atoms with van der Waals surface area (Å²) in [5.74, 6) is 0. The topological polar surface area (TPSA) is 95.8 Å². The summed E-state index contributed by atoms with van der Waals surface area (Å²) in [6.45, 7) is 2.83. The molecule has 0 spiro atoms. The Hall–Kier alpha value is -3.10. The molecule has 1 aromatic carbocycles. The SMILES string of the molecule is C[C@@](O)(Cn1[nH]cc1CCCCn1ccc(=O)[nH]c1=O)c1ccccc1-c1ccsc1. The lowest BCUT2D eigenvalue weighted by atomic mass is 9.89. The molecule has 4 aromatic rings. The van der Waals surface area contributed by atoms with Crippen LogP contribution in [0, 0.1) is 0 Å². The monoisotopic (exact) mass is 438 g/mol. The summed E-state index contributed by atoms with van der Waals surface area (Å²) in [6, 6.07) is 11.4. The molecule has 0 aliphatic carbocycles. The van der Waals surface area contributed by atoms with Crippen molar-refractivity contribution in [1.82, 2.24) is 19.3 Å². The fraction of sp³-hybridized carbons (Fsp3) is 0.304. The average Bonchev–Trinajstić information content (AvgIpc) is 3.27. The number of unbranched alkanes of at least 4 members (excludes halogenated alkanes) is 1. The van der Waals surface area contributed by atoms with E-state index < -0.39 is 5.60 Å². The summed E-state index contributed by atoms with van der Waals surface area (Å²) in [6.07, 6.45) is 6.03. The van der Waals surface area contributed by atoms with E-state index in [0.717, 1.165) is 41.6 Å². The maximum absolute atomic E-state index is 11.7. The molecule has 8 heteroatoms. The number of H-pyrrole nitrogens is 2. The highest BCUT2D eigenvalue weighted by atomic mass is 32.1. The molecule has 3 heterocycles. The van der Waals surface area contributed by atoms with E-state index in [1.807, 2.05) is 47.4 Å². The van der Waals surface area contributed by atoms with Crippen molar-refractivity contribution in [3.8, 4) is 11.1 Å². The van der Waals surface area contributed by atoms with Crippen molar-refractivity contribution in [3.63, 3.8) is 0 Å². The quantitative estimate of drug-likeness (QED) is 0.350. The van der Waals surface area contributed by atoms with Gasteiger partial charge in [-0.05, 0) is 59.7 Å². The minimum absolute atomic E-state index is 0.376. The van der Waals surface area contributed by atoms with Crippen molar-refractivity contribution in [2.24, 2.45) is 0 Å². The maximum atomic E-state index is 11.7. The van der Waals surface area contributed by atoms with Crippen LogP contribution in [0.1, 0.15) is 31.0 Å². The van der Waals surface area contributed by atoms with E-state index in [-0.39, 0.29) is 11.2 Å². The lowest BCUT2D eigenvalue weighted by Gasteiger charge is -2.30. The Morgan fingerprint density at radius 3 is 2.68 bits per heavy atom. The number of aryl methyl sites for hydroxylation is 2. The standard InChI is InChI=1S/C23H26N4O3S/c1-23(30,20-8-3-2-7-19(20)17-10-13-31-15-17)16-27-18(14-24-27)6-4-5-11-26-12-9-21(28)25-22(26)29/h2-3,7-10,12-15,24,30H,4-6,11,16H2,1H3,(H,25,28,29)/t23-/m1/s1. The van der Waals surface area contributed by atoms with Gasteiger partial charge in [0.1, 0.15) is 5.60 Å². The van der Waals surface area contributed by atoms with Gasteiger partial charge in [-0.15, -0.1) is 0 Å². The highest BCUT2D eigenvalue weighted by Gasteiger charge is 2.28. The first-order valence-electron chi connectivity index (χ1n) is 10.3. The van der Waals surface area contributed by atoms with Gasteiger partial charge >= 0.3 is 5.69 Å². The maximum Gasteiger partial charge on any atom is 0.328 e. The molecule has 3 aromatic heterocycles. The van der Waals surface area contributed by atoms with E-state index in [4.69, 9.17) is 0 Å². The minimum Gasteiger partial charge on any atom is -0.383 e. The molecule has 1 atom stereocenters. The summed E-state index contributed by atoms with van der Waals surface area (Å²) < 4.78 is 3.50. The van der Waals surface area contributed by atoms with Crippen LogP contribution in [-0.2, 0) is 25.1 Å². The lowest BCUT2D eigenvalue weighted by molar-refractivity contribution is 0.0320. The van der Waals surface area contributed by atoms with Gasteiger partial charge in [0.25, 0.3) is 5.56 Å². The van der Waals surface area contributed by atoms with Crippen molar-refractivity contribution < 1.29 is 5.11 Å². The first kappa shape index (κ1) is 21.1. The first-order valence-corrected chi connectivity index (χ1v) is 11.3. The molecule has 31 heavy (non-hydrogen) atoms.